The molecule has 1 aliphatic rings. The molecule has 2 aromatic carbocycles. The molecule has 0 unspecified atom stereocenters. The third-order valence-corrected chi connectivity index (χ3v) is 6.58. The molecule has 12 nitrogen and oxygen atoms in total. The van der Waals surface area contributed by atoms with Gasteiger partial charge >= 0.3 is 35.6 Å². The van der Waals surface area contributed by atoms with Crippen LogP contribution in [0.25, 0.3) is 5.69 Å². The number of ether oxygens (including phenoxy) is 2. The van der Waals surface area contributed by atoms with E-state index < -0.39 is 12.0 Å². The van der Waals surface area contributed by atoms with Crippen molar-refractivity contribution in [3.8, 4) is 17.3 Å². The van der Waals surface area contributed by atoms with Crippen molar-refractivity contribution in [1.82, 2.24) is 25.1 Å². The number of nitrogens with one attached hydrogen (secondary N) is 2. The van der Waals surface area contributed by atoms with Gasteiger partial charge in [-0.2, -0.15) is 10.1 Å². The first-order valence-corrected chi connectivity index (χ1v) is 13.6. The number of hydrogen-bond acceptors (Lipinski definition) is 9. The Kier molecular flexibility index (Phi) is 10.4. The van der Waals surface area contributed by atoms with E-state index in [1.54, 1.807) is 36.5 Å². The van der Waals surface area contributed by atoms with E-state index in [0.29, 0.717) is 55.4 Å². The molecular formula is C30H32N7NaO5. The summed E-state index contributed by atoms with van der Waals surface area (Å²) in [6.45, 7) is 8.82. The Bertz CT molecular complexity index is 1580. The smallest absolute Gasteiger partial charge is 0.545 e. The maximum absolute atomic E-state index is 13.0. The van der Waals surface area contributed by atoms with Crippen LogP contribution in [-0.2, 0) is 16.7 Å². The maximum Gasteiger partial charge on any atom is 1.00 e. The quantitative estimate of drug-likeness (QED) is 0.275. The minimum Gasteiger partial charge on any atom is -0.545 e. The number of anilines is 2. The summed E-state index contributed by atoms with van der Waals surface area (Å²) in [5, 5.41) is 21.8. The summed E-state index contributed by atoms with van der Waals surface area (Å²) in [5.41, 5.74) is 1.63. The molecule has 5 rings (SSSR count). The Morgan fingerprint density at radius 1 is 1.05 bits per heavy atom. The molecule has 1 saturated heterocycles. The molecule has 2 aromatic heterocycles. The number of carbonyl (C=O) groups excluding carboxylic acids is 2. The number of aromatic carboxylic acids is 1. The Labute approximate surface area is 271 Å². The molecular weight excluding hydrogens is 561 g/mol. The summed E-state index contributed by atoms with van der Waals surface area (Å²) < 4.78 is 13.0. The number of nitrogens with zero attached hydrogens (tertiary/aromatic N) is 5. The van der Waals surface area contributed by atoms with Gasteiger partial charge in [0.2, 0.25) is 11.8 Å². The molecule has 2 N–H and O–H groups in total. The SMILES string of the molecule is CC(C)(C)c1cc(NC(=O)NCc2ccccc2Oc2ccnc(N3CCOCC3)n2)n(-c2cccc(C(=O)[O-])c2)n1.[Na+]. The number of carbonyl (C=O) groups is 2. The minimum atomic E-state index is -1.30. The van der Waals surface area contributed by atoms with E-state index >= 15 is 0 Å². The van der Waals surface area contributed by atoms with E-state index in [4.69, 9.17) is 9.47 Å². The Morgan fingerprint density at radius 2 is 1.81 bits per heavy atom. The van der Waals surface area contributed by atoms with E-state index in [0.717, 1.165) is 11.3 Å². The van der Waals surface area contributed by atoms with Gasteiger partial charge in [0.25, 0.3) is 0 Å². The first-order valence-electron chi connectivity index (χ1n) is 13.6. The largest absolute Gasteiger partial charge is 1.00 e. The maximum atomic E-state index is 13.0. The summed E-state index contributed by atoms with van der Waals surface area (Å²) in [7, 11) is 0. The summed E-state index contributed by atoms with van der Waals surface area (Å²) in [6, 6.07) is 16.5. The number of benzene rings is 2. The van der Waals surface area contributed by atoms with Crippen LogP contribution in [0.5, 0.6) is 11.6 Å². The van der Waals surface area contributed by atoms with Crippen molar-refractivity contribution >= 4 is 23.8 Å². The molecule has 218 valence electrons. The zero-order valence-electron chi connectivity index (χ0n) is 24.7. The van der Waals surface area contributed by atoms with E-state index in [1.165, 1.54) is 16.8 Å². The number of morpholine rings is 1. The first kappa shape index (κ1) is 32.0. The monoisotopic (exact) mass is 593 g/mol. The van der Waals surface area contributed by atoms with Gasteiger partial charge in [0.15, 0.2) is 0 Å². The van der Waals surface area contributed by atoms with E-state index in [9.17, 15) is 14.7 Å². The summed E-state index contributed by atoms with van der Waals surface area (Å²) in [5.74, 6) is 0.591. The van der Waals surface area contributed by atoms with Gasteiger partial charge in [-0.3, -0.25) is 5.32 Å². The first-order chi connectivity index (χ1) is 20.2. The van der Waals surface area contributed by atoms with Gasteiger partial charge in [-0.1, -0.05) is 51.1 Å². The number of hydrogen-bond donors (Lipinski definition) is 2. The molecule has 43 heavy (non-hydrogen) atoms. The Morgan fingerprint density at radius 3 is 2.56 bits per heavy atom. The molecule has 4 aromatic rings. The standard InChI is InChI=1S/C30H33N7O5.Na/c1-30(2,3)24-18-25(37(35-24)22-9-6-8-20(17-22)27(38)39)33-29(40)32-19-21-7-4-5-10-23(21)42-26-11-12-31-28(34-26)36-13-15-41-16-14-36;/h4-12,17-18H,13-16,19H2,1-3H3,(H,38,39)(H2,32,33,40);/q;+1/p-1. The average molecular weight is 594 g/mol. The van der Waals surface area contributed by atoms with Crippen LogP contribution in [0.1, 0.15) is 42.4 Å². The predicted octanol–water partition coefficient (Wildman–Crippen LogP) is 0.278. The second kappa shape index (κ2) is 14.0. The second-order valence-corrected chi connectivity index (χ2v) is 10.7. The summed E-state index contributed by atoms with van der Waals surface area (Å²) in [6.07, 6.45) is 1.65. The third-order valence-electron chi connectivity index (χ3n) is 6.58. The van der Waals surface area contributed by atoms with Crippen molar-refractivity contribution in [2.45, 2.75) is 32.7 Å². The van der Waals surface area contributed by atoms with Crippen molar-refractivity contribution in [1.29, 1.82) is 0 Å². The molecule has 0 aliphatic carbocycles. The average Bonchev–Trinajstić information content (AvgIpc) is 3.42. The molecule has 0 bridgehead atoms. The predicted molar refractivity (Wildman–Crippen MR) is 154 cm³/mol. The van der Waals surface area contributed by atoms with Gasteiger partial charge in [0.1, 0.15) is 11.6 Å². The zero-order chi connectivity index (χ0) is 29.7. The Balaban J connectivity index is 0.00000423. The number of carboxylic acid groups (broad SMARTS) is 1. The van der Waals surface area contributed by atoms with Crippen LogP contribution in [-0.4, -0.2) is 58.1 Å². The van der Waals surface area contributed by atoms with Crippen LogP contribution in [0.4, 0.5) is 16.6 Å². The number of urea groups is 1. The van der Waals surface area contributed by atoms with Crippen LogP contribution < -0.4 is 54.9 Å². The van der Waals surface area contributed by atoms with Gasteiger partial charge in [-0.15, -0.1) is 0 Å². The molecule has 13 heteroatoms. The van der Waals surface area contributed by atoms with Crippen molar-refractivity contribution in [3.63, 3.8) is 0 Å². The third kappa shape index (κ3) is 8.11. The van der Waals surface area contributed by atoms with Gasteiger partial charge in [0.05, 0.1) is 30.6 Å². The number of rotatable bonds is 8. The van der Waals surface area contributed by atoms with Crippen molar-refractivity contribution in [2.24, 2.45) is 0 Å². The van der Waals surface area contributed by atoms with Gasteiger partial charge in [-0.25, -0.2) is 14.5 Å². The molecule has 0 saturated carbocycles. The van der Waals surface area contributed by atoms with E-state index in [2.05, 4.69) is 25.7 Å². The van der Waals surface area contributed by atoms with E-state index in [1.807, 2.05) is 43.9 Å². The zero-order valence-corrected chi connectivity index (χ0v) is 26.7. The van der Waals surface area contributed by atoms with Crippen molar-refractivity contribution < 1.29 is 53.7 Å². The molecule has 0 radical (unpaired) electrons. The van der Waals surface area contributed by atoms with Crippen molar-refractivity contribution in [3.05, 3.63) is 83.7 Å². The Hall–Kier alpha value is -3.97. The number of aromatic nitrogens is 4. The van der Waals surface area contributed by atoms with Gasteiger partial charge in [-0.05, 0) is 23.8 Å². The normalized spacial score (nSPS) is 13.1. The summed E-state index contributed by atoms with van der Waals surface area (Å²) >= 11 is 0. The fraction of sp³-hybridized carbons (Fsp3) is 0.300. The van der Waals surface area contributed by atoms with Crippen LogP contribution in [0.15, 0.2) is 66.9 Å². The number of carboxylic acids is 1. The topological polar surface area (TPSA) is 147 Å². The molecule has 0 spiro atoms. The van der Waals surface area contributed by atoms with Crippen LogP contribution in [0, 0.1) is 0 Å². The molecule has 1 fully saturated rings. The minimum absolute atomic E-state index is 0. The van der Waals surface area contributed by atoms with Crippen LogP contribution >= 0.6 is 0 Å². The molecule has 0 atom stereocenters. The molecule has 2 amide bonds. The van der Waals surface area contributed by atoms with E-state index in [-0.39, 0.29) is 47.1 Å². The molecule has 3 heterocycles. The van der Waals surface area contributed by atoms with Crippen LogP contribution in [0.2, 0.25) is 0 Å². The molecule has 1 aliphatic heterocycles. The van der Waals surface area contributed by atoms with Crippen molar-refractivity contribution in [2.75, 3.05) is 36.5 Å². The number of amides is 2. The fourth-order valence-electron chi connectivity index (χ4n) is 4.30. The summed E-state index contributed by atoms with van der Waals surface area (Å²) in [4.78, 5) is 35.4. The van der Waals surface area contributed by atoms with Crippen LogP contribution in [0.3, 0.4) is 0 Å². The van der Waals surface area contributed by atoms with Gasteiger partial charge < -0.3 is 29.6 Å². The fourth-order valence-corrected chi connectivity index (χ4v) is 4.30. The van der Waals surface area contributed by atoms with Gasteiger partial charge in [0, 0.05) is 48.9 Å². The second-order valence-electron chi connectivity index (χ2n) is 10.7. The number of para-hydroxylation sites is 1.